The van der Waals surface area contributed by atoms with E-state index in [0.717, 1.165) is 6.07 Å². The number of halogens is 5. The average molecular weight is 523 g/mol. The molecule has 1 amide bonds. The van der Waals surface area contributed by atoms with E-state index in [1.165, 1.54) is 0 Å². The second-order valence-corrected chi connectivity index (χ2v) is 9.39. The molecule has 0 saturated heterocycles. The number of amides is 1. The van der Waals surface area contributed by atoms with Gasteiger partial charge in [0.05, 0.1) is 21.2 Å². The Morgan fingerprint density at radius 1 is 1.13 bits per heavy atom. The molecule has 3 aromatic rings. The van der Waals surface area contributed by atoms with Gasteiger partial charge in [-0.25, -0.2) is 8.42 Å². The summed E-state index contributed by atoms with van der Waals surface area (Å²) in [5.74, 6) is -1.05. The van der Waals surface area contributed by atoms with E-state index >= 15 is 0 Å². The third-order valence-electron chi connectivity index (χ3n) is 4.39. The van der Waals surface area contributed by atoms with Gasteiger partial charge >= 0.3 is 5.51 Å². The zero-order valence-corrected chi connectivity index (χ0v) is 18.2. The van der Waals surface area contributed by atoms with Crippen LogP contribution in [0.15, 0.2) is 51.8 Å². The van der Waals surface area contributed by atoms with E-state index < -0.39 is 31.2 Å². The smallest absolute Gasteiger partial charge is 0.501 e. The number of carbonyl (C=O) groups is 1. The van der Waals surface area contributed by atoms with Crippen LogP contribution in [0.5, 0.6) is 5.75 Å². The standard InChI is InChI=1S/C19H12BrClF3NO4S/c1-9-15(17(26)12-5-3-2-4-11(12)16(9)20)18(27)25-14-7-6-10(8-13(14)21)30(28,29)19(22,23)24/h2-8,26H,1H3,(H,25,27). The predicted octanol–water partition coefficient (Wildman–Crippen LogP) is 5.82. The molecule has 2 N–H and O–H groups in total. The summed E-state index contributed by atoms with van der Waals surface area (Å²) in [5, 5.41) is 13.7. The molecule has 3 aromatic carbocycles. The molecular weight excluding hydrogens is 511 g/mol. The maximum absolute atomic E-state index is 12.8. The molecule has 0 bridgehead atoms. The molecule has 158 valence electrons. The summed E-state index contributed by atoms with van der Waals surface area (Å²) < 4.78 is 61.7. The van der Waals surface area contributed by atoms with Crippen LogP contribution >= 0.6 is 27.5 Å². The summed E-state index contributed by atoms with van der Waals surface area (Å²) in [7, 11) is -5.58. The summed E-state index contributed by atoms with van der Waals surface area (Å²) in [4.78, 5) is 11.7. The van der Waals surface area contributed by atoms with Gasteiger partial charge in [0.25, 0.3) is 15.7 Å². The molecule has 0 fully saturated rings. The van der Waals surface area contributed by atoms with E-state index in [0.29, 0.717) is 32.9 Å². The Morgan fingerprint density at radius 3 is 2.30 bits per heavy atom. The molecule has 0 spiro atoms. The molecule has 0 radical (unpaired) electrons. The first-order valence-electron chi connectivity index (χ1n) is 8.18. The molecule has 0 aliphatic carbocycles. The summed E-state index contributed by atoms with van der Waals surface area (Å²) in [6, 6.07) is 9.06. The topological polar surface area (TPSA) is 83.5 Å². The number of rotatable bonds is 3. The number of phenolic OH excluding ortho intramolecular Hbond substituents is 1. The van der Waals surface area contributed by atoms with Crippen molar-refractivity contribution in [1.82, 2.24) is 0 Å². The monoisotopic (exact) mass is 521 g/mol. The van der Waals surface area contributed by atoms with Crippen molar-refractivity contribution in [3.63, 3.8) is 0 Å². The van der Waals surface area contributed by atoms with Crippen molar-refractivity contribution >= 4 is 59.7 Å². The molecule has 5 nitrogen and oxygen atoms in total. The molecule has 0 aromatic heterocycles. The van der Waals surface area contributed by atoms with Crippen LogP contribution in [-0.4, -0.2) is 24.9 Å². The van der Waals surface area contributed by atoms with Crippen LogP contribution in [0.25, 0.3) is 10.8 Å². The van der Waals surface area contributed by atoms with Gasteiger partial charge < -0.3 is 10.4 Å². The van der Waals surface area contributed by atoms with Crippen LogP contribution in [0.3, 0.4) is 0 Å². The number of hydrogen-bond acceptors (Lipinski definition) is 4. The Morgan fingerprint density at radius 2 is 1.73 bits per heavy atom. The first kappa shape index (κ1) is 22.4. The van der Waals surface area contributed by atoms with Gasteiger partial charge in [0.1, 0.15) is 5.75 Å². The van der Waals surface area contributed by atoms with Crippen LogP contribution in [0.2, 0.25) is 5.02 Å². The van der Waals surface area contributed by atoms with Crippen LogP contribution in [-0.2, 0) is 9.84 Å². The van der Waals surface area contributed by atoms with Crippen LogP contribution in [0.4, 0.5) is 18.9 Å². The lowest BCUT2D eigenvalue weighted by Gasteiger charge is -2.15. The molecule has 0 saturated carbocycles. The number of aromatic hydroxyl groups is 1. The molecule has 11 heteroatoms. The van der Waals surface area contributed by atoms with E-state index in [4.69, 9.17) is 11.6 Å². The highest BCUT2D eigenvalue weighted by atomic mass is 79.9. The van der Waals surface area contributed by atoms with Crippen LogP contribution in [0.1, 0.15) is 15.9 Å². The second kappa shape index (κ2) is 7.75. The lowest BCUT2D eigenvalue weighted by molar-refractivity contribution is -0.0436. The zero-order valence-electron chi connectivity index (χ0n) is 15.0. The maximum atomic E-state index is 12.8. The second-order valence-electron chi connectivity index (χ2n) is 6.25. The van der Waals surface area contributed by atoms with E-state index in [2.05, 4.69) is 21.2 Å². The van der Waals surface area contributed by atoms with E-state index in [1.54, 1.807) is 31.2 Å². The third kappa shape index (κ3) is 3.75. The highest BCUT2D eigenvalue weighted by Crippen LogP contribution is 2.39. The largest absolute Gasteiger partial charge is 0.506 e. The Kier molecular flexibility index (Phi) is 5.78. The van der Waals surface area contributed by atoms with Gasteiger partial charge in [0.2, 0.25) is 0 Å². The molecular formula is C19H12BrClF3NO4S. The number of benzene rings is 3. The van der Waals surface area contributed by atoms with Crippen LogP contribution < -0.4 is 5.32 Å². The van der Waals surface area contributed by atoms with Gasteiger partial charge in [-0.05, 0) is 52.0 Å². The molecule has 0 aliphatic heterocycles. The minimum atomic E-state index is -5.58. The molecule has 0 atom stereocenters. The average Bonchev–Trinajstić information content (AvgIpc) is 2.67. The van der Waals surface area contributed by atoms with Gasteiger partial charge in [0, 0.05) is 9.86 Å². The van der Waals surface area contributed by atoms with Gasteiger partial charge in [-0.15, -0.1) is 0 Å². The Hall–Kier alpha value is -2.30. The SMILES string of the molecule is Cc1c(C(=O)Nc2ccc(S(=O)(=O)C(F)(F)F)cc2Cl)c(O)c2ccccc2c1Br. The Bertz CT molecular complexity index is 1290. The minimum absolute atomic E-state index is 0.0661. The summed E-state index contributed by atoms with van der Waals surface area (Å²) in [6.45, 7) is 1.60. The number of anilines is 1. The van der Waals surface area contributed by atoms with Crippen molar-refractivity contribution < 1.29 is 31.5 Å². The Labute approximate surface area is 182 Å². The third-order valence-corrected chi connectivity index (χ3v) is 7.21. The van der Waals surface area contributed by atoms with Crippen molar-refractivity contribution in [2.45, 2.75) is 17.3 Å². The molecule has 30 heavy (non-hydrogen) atoms. The number of hydrogen-bond donors (Lipinski definition) is 2. The van der Waals surface area contributed by atoms with Crippen LogP contribution in [0, 0.1) is 6.92 Å². The van der Waals surface area contributed by atoms with Crippen molar-refractivity contribution in [1.29, 1.82) is 0 Å². The summed E-state index contributed by atoms with van der Waals surface area (Å²) in [6.07, 6.45) is 0. The fourth-order valence-corrected chi connectivity index (χ4v) is 4.49. The molecule has 0 heterocycles. The predicted molar refractivity (Wildman–Crippen MR) is 111 cm³/mol. The summed E-state index contributed by atoms with van der Waals surface area (Å²) in [5.41, 5.74) is -5.24. The summed E-state index contributed by atoms with van der Waals surface area (Å²) >= 11 is 9.30. The van der Waals surface area contributed by atoms with Crippen molar-refractivity contribution in [3.05, 3.63) is 63.1 Å². The number of fused-ring (bicyclic) bond motifs is 1. The zero-order chi connectivity index (χ0) is 22.4. The number of sulfone groups is 1. The van der Waals surface area contributed by atoms with E-state index in [-0.39, 0.29) is 17.0 Å². The quantitative estimate of drug-likeness (QED) is 0.454. The number of alkyl halides is 3. The van der Waals surface area contributed by atoms with Crippen molar-refractivity contribution in [3.8, 4) is 5.75 Å². The molecule has 3 rings (SSSR count). The van der Waals surface area contributed by atoms with Gasteiger partial charge in [-0.2, -0.15) is 13.2 Å². The van der Waals surface area contributed by atoms with Gasteiger partial charge in [-0.3, -0.25) is 4.79 Å². The fourth-order valence-electron chi connectivity index (χ4n) is 2.87. The normalized spacial score (nSPS) is 12.2. The number of nitrogens with one attached hydrogen (secondary N) is 1. The minimum Gasteiger partial charge on any atom is -0.506 e. The first-order chi connectivity index (χ1) is 13.9. The Balaban J connectivity index is 2.02. The molecule has 0 aliphatic rings. The number of phenols is 1. The highest BCUT2D eigenvalue weighted by molar-refractivity contribution is 9.10. The van der Waals surface area contributed by atoms with Gasteiger partial charge in [-0.1, -0.05) is 35.9 Å². The first-order valence-corrected chi connectivity index (χ1v) is 10.8. The lowest BCUT2D eigenvalue weighted by Crippen LogP contribution is -2.23. The number of carbonyl (C=O) groups excluding carboxylic acids is 1. The highest BCUT2D eigenvalue weighted by Gasteiger charge is 2.47. The van der Waals surface area contributed by atoms with Gasteiger partial charge in [0.15, 0.2) is 0 Å². The maximum Gasteiger partial charge on any atom is 0.501 e. The lowest BCUT2D eigenvalue weighted by atomic mass is 9.99. The van der Waals surface area contributed by atoms with E-state index in [9.17, 15) is 31.5 Å². The fraction of sp³-hybridized carbons (Fsp3) is 0.105. The van der Waals surface area contributed by atoms with Crippen molar-refractivity contribution in [2.24, 2.45) is 0 Å². The van der Waals surface area contributed by atoms with E-state index in [1.807, 2.05) is 0 Å². The van der Waals surface area contributed by atoms with Crippen molar-refractivity contribution in [2.75, 3.05) is 5.32 Å². The molecule has 0 unspecified atom stereocenters.